The van der Waals surface area contributed by atoms with Gasteiger partial charge in [-0.25, -0.2) is 0 Å². The van der Waals surface area contributed by atoms with Crippen molar-refractivity contribution in [3.05, 3.63) is 29.8 Å². The van der Waals surface area contributed by atoms with E-state index in [0.29, 0.717) is 18.6 Å². The normalized spacial score (nSPS) is 24.4. The first kappa shape index (κ1) is 13.4. The lowest BCUT2D eigenvalue weighted by atomic mass is 10.0. The van der Waals surface area contributed by atoms with Crippen LogP contribution in [0.25, 0.3) is 0 Å². The smallest absolute Gasteiger partial charge is 0.122 e. The monoisotopic (exact) mass is 249 g/mol. The van der Waals surface area contributed by atoms with Crippen molar-refractivity contribution < 1.29 is 9.84 Å². The summed E-state index contributed by atoms with van der Waals surface area (Å²) in [5.74, 6) is 1.55. The highest BCUT2D eigenvalue weighted by atomic mass is 16.5. The van der Waals surface area contributed by atoms with Gasteiger partial charge in [-0.1, -0.05) is 25.1 Å². The summed E-state index contributed by atoms with van der Waals surface area (Å²) in [6, 6.07) is 8.39. The van der Waals surface area contributed by atoms with Gasteiger partial charge in [0.1, 0.15) is 12.4 Å². The van der Waals surface area contributed by atoms with E-state index in [0.717, 1.165) is 18.8 Å². The molecule has 0 bridgehead atoms. The van der Waals surface area contributed by atoms with Gasteiger partial charge in [-0.05, 0) is 37.4 Å². The quantitative estimate of drug-likeness (QED) is 0.867. The lowest BCUT2D eigenvalue weighted by Gasteiger charge is -2.25. The van der Waals surface area contributed by atoms with E-state index in [1.54, 1.807) is 0 Å². The Labute approximate surface area is 109 Å². The second-order valence-corrected chi connectivity index (χ2v) is 5.17. The van der Waals surface area contributed by atoms with E-state index >= 15 is 0 Å². The predicted octanol–water partition coefficient (Wildman–Crippen LogP) is 2.08. The van der Waals surface area contributed by atoms with E-state index in [1.807, 2.05) is 18.2 Å². The van der Waals surface area contributed by atoms with E-state index in [1.165, 1.54) is 12.0 Å². The molecule has 1 aromatic carbocycles. The van der Waals surface area contributed by atoms with E-state index in [2.05, 4.69) is 24.8 Å². The third-order valence-corrected chi connectivity index (χ3v) is 3.91. The standard InChI is InChI=1S/C15H23NO2/c1-12-7-8-16(14(12)11-17)9-10-18-15-6-4-3-5-13(15)2/h3-6,12,14,17H,7-11H2,1-2H3. The molecule has 3 heteroatoms. The fourth-order valence-corrected chi connectivity index (χ4v) is 2.65. The number of benzene rings is 1. The summed E-state index contributed by atoms with van der Waals surface area (Å²) in [6.07, 6.45) is 1.18. The highest BCUT2D eigenvalue weighted by molar-refractivity contribution is 5.31. The van der Waals surface area contributed by atoms with Crippen molar-refractivity contribution in [1.29, 1.82) is 0 Å². The predicted molar refractivity (Wildman–Crippen MR) is 72.9 cm³/mol. The first-order chi connectivity index (χ1) is 8.72. The molecule has 0 aromatic heterocycles. The van der Waals surface area contributed by atoms with E-state index in [-0.39, 0.29) is 6.61 Å². The minimum absolute atomic E-state index is 0.255. The molecule has 2 unspecified atom stereocenters. The molecule has 3 nitrogen and oxygen atoms in total. The summed E-state index contributed by atoms with van der Waals surface area (Å²) in [5, 5.41) is 9.38. The molecule has 0 aliphatic carbocycles. The minimum Gasteiger partial charge on any atom is -0.492 e. The van der Waals surface area contributed by atoms with E-state index in [4.69, 9.17) is 4.74 Å². The largest absolute Gasteiger partial charge is 0.492 e. The molecule has 1 heterocycles. The number of ether oxygens (including phenoxy) is 1. The number of likely N-dealkylation sites (tertiary alicyclic amines) is 1. The van der Waals surface area contributed by atoms with Crippen LogP contribution in [-0.4, -0.2) is 42.4 Å². The van der Waals surface area contributed by atoms with Crippen LogP contribution in [0.5, 0.6) is 5.75 Å². The van der Waals surface area contributed by atoms with Crippen LogP contribution >= 0.6 is 0 Å². The molecule has 100 valence electrons. The minimum atomic E-state index is 0.255. The topological polar surface area (TPSA) is 32.7 Å². The van der Waals surface area contributed by atoms with Crippen LogP contribution in [-0.2, 0) is 0 Å². The van der Waals surface area contributed by atoms with Crippen LogP contribution in [0, 0.1) is 12.8 Å². The molecular formula is C15H23NO2. The average Bonchev–Trinajstić information content (AvgIpc) is 2.72. The summed E-state index contributed by atoms with van der Waals surface area (Å²) in [5.41, 5.74) is 1.17. The van der Waals surface area contributed by atoms with E-state index < -0.39 is 0 Å². The maximum Gasteiger partial charge on any atom is 0.122 e. The van der Waals surface area contributed by atoms with Gasteiger partial charge in [-0.3, -0.25) is 4.90 Å². The summed E-state index contributed by atoms with van der Waals surface area (Å²) >= 11 is 0. The molecule has 1 saturated heterocycles. The second kappa shape index (κ2) is 6.21. The maximum absolute atomic E-state index is 9.38. The molecule has 1 fully saturated rings. The van der Waals surface area contributed by atoms with E-state index in [9.17, 15) is 5.11 Å². The van der Waals surface area contributed by atoms with Gasteiger partial charge in [0.2, 0.25) is 0 Å². The van der Waals surface area contributed by atoms with Crippen LogP contribution in [0.15, 0.2) is 24.3 Å². The average molecular weight is 249 g/mol. The van der Waals surface area contributed by atoms with Crippen LogP contribution < -0.4 is 4.74 Å². The van der Waals surface area contributed by atoms with Gasteiger partial charge < -0.3 is 9.84 Å². The Morgan fingerprint density at radius 3 is 2.89 bits per heavy atom. The third-order valence-electron chi connectivity index (χ3n) is 3.91. The van der Waals surface area contributed by atoms with Crippen molar-refractivity contribution in [3.63, 3.8) is 0 Å². The molecule has 2 rings (SSSR count). The summed E-state index contributed by atoms with van der Waals surface area (Å²) < 4.78 is 5.80. The van der Waals surface area contributed by atoms with Crippen molar-refractivity contribution in [1.82, 2.24) is 4.90 Å². The van der Waals surface area contributed by atoms with Gasteiger partial charge in [-0.15, -0.1) is 0 Å². The second-order valence-electron chi connectivity index (χ2n) is 5.17. The summed E-state index contributed by atoms with van der Waals surface area (Å²) in [7, 11) is 0. The van der Waals surface area contributed by atoms with Gasteiger partial charge in [-0.2, -0.15) is 0 Å². The number of aryl methyl sites for hydroxylation is 1. The van der Waals surface area contributed by atoms with Gasteiger partial charge in [0.15, 0.2) is 0 Å². The number of hydrogen-bond acceptors (Lipinski definition) is 3. The SMILES string of the molecule is Cc1ccccc1OCCN1CCC(C)C1CO. The Hall–Kier alpha value is -1.06. The fourth-order valence-electron chi connectivity index (χ4n) is 2.65. The zero-order valence-electron chi connectivity index (χ0n) is 11.3. The molecule has 1 N–H and O–H groups in total. The number of nitrogens with zero attached hydrogens (tertiary/aromatic N) is 1. The van der Waals surface area contributed by atoms with Crippen LogP contribution in [0.4, 0.5) is 0 Å². The molecule has 1 aliphatic rings. The number of aliphatic hydroxyl groups is 1. The number of para-hydroxylation sites is 1. The molecule has 0 radical (unpaired) electrons. The molecular weight excluding hydrogens is 226 g/mol. The van der Waals surface area contributed by atoms with Crippen molar-refractivity contribution in [3.8, 4) is 5.75 Å². The third kappa shape index (κ3) is 3.03. The Morgan fingerprint density at radius 1 is 1.39 bits per heavy atom. The van der Waals surface area contributed by atoms with Crippen molar-refractivity contribution in [2.75, 3.05) is 26.3 Å². The molecule has 1 aliphatic heterocycles. The van der Waals surface area contributed by atoms with Gasteiger partial charge in [0.05, 0.1) is 6.61 Å². The highest BCUT2D eigenvalue weighted by Gasteiger charge is 2.29. The highest BCUT2D eigenvalue weighted by Crippen LogP contribution is 2.23. The van der Waals surface area contributed by atoms with Gasteiger partial charge >= 0.3 is 0 Å². The Bertz CT molecular complexity index is 381. The molecule has 2 atom stereocenters. The lowest BCUT2D eigenvalue weighted by molar-refractivity contribution is 0.123. The molecule has 18 heavy (non-hydrogen) atoms. The van der Waals surface area contributed by atoms with Crippen LogP contribution in [0.3, 0.4) is 0 Å². The van der Waals surface area contributed by atoms with Crippen molar-refractivity contribution in [2.45, 2.75) is 26.3 Å². The number of rotatable bonds is 5. The number of aliphatic hydroxyl groups excluding tert-OH is 1. The lowest BCUT2D eigenvalue weighted by Crippen LogP contribution is -2.37. The summed E-state index contributed by atoms with van der Waals surface area (Å²) in [6.45, 7) is 7.18. The Balaban J connectivity index is 1.81. The van der Waals surface area contributed by atoms with Crippen molar-refractivity contribution >= 4 is 0 Å². The Morgan fingerprint density at radius 2 is 2.17 bits per heavy atom. The van der Waals surface area contributed by atoms with Crippen molar-refractivity contribution in [2.24, 2.45) is 5.92 Å². The summed E-state index contributed by atoms with van der Waals surface area (Å²) in [4.78, 5) is 2.34. The number of hydrogen-bond donors (Lipinski definition) is 1. The molecule has 0 spiro atoms. The van der Waals surface area contributed by atoms with Crippen LogP contribution in [0.1, 0.15) is 18.9 Å². The molecule has 1 aromatic rings. The molecule has 0 amide bonds. The Kier molecular flexibility index (Phi) is 4.61. The van der Waals surface area contributed by atoms with Gasteiger partial charge in [0.25, 0.3) is 0 Å². The maximum atomic E-state index is 9.38. The zero-order valence-corrected chi connectivity index (χ0v) is 11.3. The first-order valence-electron chi connectivity index (χ1n) is 6.75. The fraction of sp³-hybridized carbons (Fsp3) is 0.600. The zero-order chi connectivity index (χ0) is 13.0. The van der Waals surface area contributed by atoms with Crippen LogP contribution in [0.2, 0.25) is 0 Å². The molecule has 0 saturated carbocycles. The van der Waals surface area contributed by atoms with Gasteiger partial charge in [0, 0.05) is 12.6 Å². The first-order valence-corrected chi connectivity index (χ1v) is 6.75.